The molecule has 2 aromatic heterocycles. The molecule has 0 atom stereocenters. The molecule has 0 bridgehead atoms. The second-order valence-corrected chi connectivity index (χ2v) is 4.37. The first-order valence-electron chi connectivity index (χ1n) is 6.12. The summed E-state index contributed by atoms with van der Waals surface area (Å²) in [4.78, 5) is 8.02. The topological polar surface area (TPSA) is 66.2 Å². The number of phenols is 2. The van der Waals surface area contributed by atoms with Crippen molar-refractivity contribution in [1.29, 1.82) is 0 Å². The van der Waals surface area contributed by atoms with Crippen molar-refractivity contribution < 1.29 is 10.2 Å². The second-order valence-electron chi connectivity index (χ2n) is 4.37. The van der Waals surface area contributed by atoms with Gasteiger partial charge in [0.15, 0.2) is 0 Å². The highest BCUT2D eigenvalue weighted by Crippen LogP contribution is 2.39. The lowest BCUT2D eigenvalue weighted by Crippen LogP contribution is -1.85. The van der Waals surface area contributed by atoms with Gasteiger partial charge in [-0.25, -0.2) is 0 Å². The molecule has 2 N–H and O–H groups in total. The van der Waals surface area contributed by atoms with E-state index in [0.717, 1.165) is 11.1 Å². The summed E-state index contributed by atoms with van der Waals surface area (Å²) in [5.74, 6) is 0.185. The summed E-state index contributed by atoms with van der Waals surface area (Å²) >= 11 is 0. The van der Waals surface area contributed by atoms with E-state index >= 15 is 0 Å². The molecule has 0 fully saturated rings. The highest BCUT2D eigenvalue weighted by Gasteiger charge is 2.12. The van der Waals surface area contributed by atoms with Gasteiger partial charge in [-0.1, -0.05) is 12.1 Å². The molecule has 0 aliphatic heterocycles. The van der Waals surface area contributed by atoms with Crippen molar-refractivity contribution >= 4 is 0 Å². The van der Waals surface area contributed by atoms with E-state index in [-0.39, 0.29) is 11.5 Å². The minimum absolute atomic E-state index is 0.0923. The van der Waals surface area contributed by atoms with E-state index in [9.17, 15) is 10.2 Å². The van der Waals surface area contributed by atoms with Crippen LogP contribution in [0.5, 0.6) is 11.5 Å². The first-order chi connectivity index (χ1) is 9.75. The fraction of sp³-hybridized carbons (Fsp3) is 0. The zero-order chi connectivity index (χ0) is 13.9. The van der Waals surface area contributed by atoms with Gasteiger partial charge in [-0.3, -0.25) is 9.97 Å². The maximum atomic E-state index is 10.2. The summed E-state index contributed by atoms with van der Waals surface area (Å²) in [6.45, 7) is 0. The van der Waals surface area contributed by atoms with E-state index in [1.165, 1.54) is 12.1 Å². The first-order valence-corrected chi connectivity index (χ1v) is 6.12. The van der Waals surface area contributed by atoms with E-state index in [1.54, 1.807) is 36.9 Å². The molecule has 0 unspecified atom stereocenters. The average molecular weight is 264 g/mol. The van der Waals surface area contributed by atoms with Crippen LogP contribution in [0.1, 0.15) is 0 Å². The summed E-state index contributed by atoms with van der Waals surface area (Å²) in [5.41, 5.74) is 2.59. The monoisotopic (exact) mass is 264 g/mol. The largest absolute Gasteiger partial charge is 0.507 e. The Hall–Kier alpha value is -2.88. The highest BCUT2D eigenvalue weighted by molar-refractivity contribution is 5.79. The maximum Gasteiger partial charge on any atom is 0.124 e. The van der Waals surface area contributed by atoms with Gasteiger partial charge in [0.25, 0.3) is 0 Å². The Bertz CT molecular complexity index is 663. The molecular formula is C16H12N2O2. The van der Waals surface area contributed by atoms with Crippen LogP contribution in [-0.4, -0.2) is 20.2 Å². The molecule has 2 heterocycles. The Kier molecular flexibility index (Phi) is 3.05. The number of rotatable bonds is 2. The van der Waals surface area contributed by atoms with Crippen molar-refractivity contribution in [3.05, 3.63) is 61.2 Å². The lowest BCUT2D eigenvalue weighted by atomic mass is 10.00. The predicted octanol–water partition coefficient (Wildman–Crippen LogP) is 3.22. The smallest absolute Gasteiger partial charge is 0.124 e. The molecule has 0 saturated carbocycles. The van der Waals surface area contributed by atoms with Crippen molar-refractivity contribution in [3.63, 3.8) is 0 Å². The van der Waals surface area contributed by atoms with E-state index in [1.807, 2.05) is 12.1 Å². The van der Waals surface area contributed by atoms with Crippen molar-refractivity contribution in [3.8, 4) is 33.8 Å². The molecule has 0 saturated heterocycles. The van der Waals surface area contributed by atoms with Crippen LogP contribution < -0.4 is 0 Å². The third kappa shape index (κ3) is 2.19. The molecule has 4 heteroatoms. The fourth-order valence-electron chi connectivity index (χ4n) is 2.08. The average Bonchev–Trinajstić information content (AvgIpc) is 2.51. The van der Waals surface area contributed by atoms with Crippen LogP contribution >= 0.6 is 0 Å². The first kappa shape index (κ1) is 12.2. The Morgan fingerprint density at radius 2 is 1.15 bits per heavy atom. The Morgan fingerprint density at radius 1 is 0.700 bits per heavy atom. The minimum Gasteiger partial charge on any atom is -0.507 e. The van der Waals surface area contributed by atoms with Crippen LogP contribution in [-0.2, 0) is 0 Å². The van der Waals surface area contributed by atoms with Gasteiger partial charge in [-0.05, 0) is 24.3 Å². The molecule has 0 spiro atoms. The van der Waals surface area contributed by atoms with Crippen LogP contribution in [0.15, 0.2) is 61.2 Å². The molecule has 3 aromatic rings. The number of pyridine rings is 2. The third-order valence-electron chi connectivity index (χ3n) is 3.06. The van der Waals surface area contributed by atoms with Crippen molar-refractivity contribution in [2.75, 3.05) is 0 Å². The number of aromatic hydroxyl groups is 2. The van der Waals surface area contributed by atoms with Crippen LogP contribution in [0.25, 0.3) is 22.3 Å². The van der Waals surface area contributed by atoms with Gasteiger partial charge in [-0.15, -0.1) is 0 Å². The molecule has 3 rings (SSSR count). The predicted molar refractivity (Wildman–Crippen MR) is 76.2 cm³/mol. The van der Waals surface area contributed by atoms with Crippen molar-refractivity contribution in [2.24, 2.45) is 0 Å². The van der Waals surface area contributed by atoms with Crippen molar-refractivity contribution in [2.45, 2.75) is 0 Å². The zero-order valence-electron chi connectivity index (χ0n) is 10.6. The molecule has 1 aromatic carbocycles. The van der Waals surface area contributed by atoms with Gasteiger partial charge in [0.2, 0.25) is 0 Å². The zero-order valence-corrected chi connectivity index (χ0v) is 10.6. The molecule has 4 nitrogen and oxygen atoms in total. The van der Waals surface area contributed by atoms with E-state index in [2.05, 4.69) is 9.97 Å². The van der Waals surface area contributed by atoms with E-state index < -0.39 is 0 Å². The second kappa shape index (κ2) is 5.01. The third-order valence-corrected chi connectivity index (χ3v) is 3.06. The van der Waals surface area contributed by atoms with Gasteiger partial charge in [-0.2, -0.15) is 0 Å². The van der Waals surface area contributed by atoms with Crippen LogP contribution in [0.2, 0.25) is 0 Å². The van der Waals surface area contributed by atoms with Crippen molar-refractivity contribution in [1.82, 2.24) is 9.97 Å². The SMILES string of the molecule is Oc1cc(-c2cccnc2)c(O)cc1-c1cccnc1. The summed E-state index contributed by atoms with van der Waals surface area (Å²) < 4.78 is 0. The maximum absolute atomic E-state index is 10.2. The Morgan fingerprint density at radius 3 is 1.50 bits per heavy atom. The summed E-state index contributed by atoms with van der Waals surface area (Å²) in [6.07, 6.45) is 6.59. The number of hydrogen-bond donors (Lipinski definition) is 2. The quantitative estimate of drug-likeness (QED) is 0.697. The normalized spacial score (nSPS) is 10.4. The van der Waals surface area contributed by atoms with E-state index in [0.29, 0.717) is 11.1 Å². The molecule has 98 valence electrons. The van der Waals surface area contributed by atoms with Gasteiger partial charge < -0.3 is 10.2 Å². The van der Waals surface area contributed by atoms with E-state index in [4.69, 9.17) is 0 Å². The molecule has 0 aliphatic rings. The van der Waals surface area contributed by atoms with Gasteiger partial charge >= 0.3 is 0 Å². The number of aromatic nitrogens is 2. The Labute approximate surface area is 116 Å². The standard InChI is InChI=1S/C16H12N2O2/c19-15-8-14(12-4-2-6-18-10-12)16(20)7-13(15)11-3-1-5-17-9-11/h1-10,19-20H. The number of phenolic OH excluding ortho intramolecular Hbond substituents is 2. The molecule has 20 heavy (non-hydrogen) atoms. The molecule has 0 radical (unpaired) electrons. The van der Waals surface area contributed by atoms with Gasteiger partial charge in [0.1, 0.15) is 11.5 Å². The van der Waals surface area contributed by atoms with Gasteiger partial charge in [0.05, 0.1) is 0 Å². The minimum atomic E-state index is 0.0923. The lowest BCUT2D eigenvalue weighted by molar-refractivity contribution is 0.463. The fourth-order valence-corrected chi connectivity index (χ4v) is 2.08. The number of hydrogen-bond acceptors (Lipinski definition) is 4. The van der Waals surface area contributed by atoms with Crippen LogP contribution in [0.3, 0.4) is 0 Å². The summed E-state index contributed by atoms with van der Waals surface area (Å²) in [5, 5.41) is 20.3. The molecule has 0 aliphatic carbocycles. The Balaban J connectivity index is 2.13. The van der Waals surface area contributed by atoms with Crippen LogP contribution in [0.4, 0.5) is 0 Å². The summed E-state index contributed by atoms with van der Waals surface area (Å²) in [7, 11) is 0. The summed E-state index contributed by atoms with van der Waals surface area (Å²) in [6, 6.07) is 10.3. The van der Waals surface area contributed by atoms with Crippen LogP contribution in [0, 0.1) is 0 Å². The molecular weight excluding hydrogens is 252 g/mol. The lowest BCUT2D eigenvalue weighted by Gasteiger charge is -2.10. The molecule has 0 amide bonds. The number of benzene rings is 1. The number of nitrogens with zero attached hydrogens (tertiary/aromatic N) is 2. The highest BCUT2D eigenvalue weighted by atomic mass is 16.3. The van der Waals surface area contributed by atoms with Gasteiger partial charge in [0, 0.05) is 47.0 Å².